The maximum Gasteiger partial charge on any atom is 0.335 e. The molecule has 0 saturated heterocycles. The Labute approximate surface area is 526 Å². The van der Waals surface area contributed by atoms with Crippen LogP contribution in [-0.2, 0) is 53.9 Å². The Morgan fingerprint density at radius 1 is 0.522 bits per heavy atom. The highest BCUT2D eigenvalue weighted by molar-refractivity contribution is 6.08. The lowest BCUT2D eigenvalue weighted by molar-refractivity contribution is -0.455. The van der Waals surface area contributed by atoms with Crippen LogP contribution in [0.5, 0.6) is 5.75 Å². The second kappa shape index (κ2) is 25.1. The third kappa shape index (κ3) is 11.6. The zero-order valence-electron chi connectivity index (χ0n) is 52.3. The molecule has 0 radical (unpaired) electrons. The largest absolute Gasteiger partial charge is 0.481 e. The lowest BCUT2D eigenvalue weighted by atomic mass is 9.79. The monoisotopic (exact) mass is 1200 g/mol. The summed E-state index contributed by atoms with van der Waals surface area (Å²) < 4.78 is 14.8. The number of carboxylic acid groups (broad SMARTS) is 2. The highest BCUT2D eigenvalue weighted by Gasteiger charge is 2.47. The predicted molar refractivity (Wildman–Crippen MR) is 359 cm³/mol. The van der Waals surface area contributed by atoms with Gasteiger partial charge in [0.05, 0.1) is 22.9 Å². The first kappa shape index (κ1) is 61.4. The van der Waals surface area contributed by atoms with E-state index in [1.54, 1.807) is 6.07 Å². The lowest BCUT2D eigenvalue weighted by Gasteiger charge is -2.27. The van der Waals surface area contributed by atoms with E-state index in [4.69, 9.17) is 9.47 Å². The summed E-state index contributed by atoms with van der Waals surface area (Å²) >= 11 is 0. The fraction of sp³-hybridized carbons (Fsp3) is 0.231. The van der Waals surface area contributed by atoms with Crippen LogP contribution in [0.25, 0.3) is 21.5 Å². The molecule has 0 saturated carbocycles. The summed E-state index contributed by atoms with van der Waals surface area (Å²) in [6.07, 6.45) is 16.9. The molecule has 8 aromatic rings. The smallest absolute Gasteiger partial charge is 0.335 e. The average molecular weight is 1200 g/mol. The Kier molecular flexibility index (Phi) is 17.1. The number of nitrogens with zero attached hydrogens (tertiary/aromatic N) is 4. The third-order valence-electron chi connectivity index (χ3n) is 18.3. The summed E-state index contributed by atoms with van der Waals surface area (Å²) in [7, 11) is 0. The van der Waals surface area contributed by atoms with Gasteiger partial charge >= 0.3 is 11.9 Å². The van der Waals surface area contributed by atoms with Gasteiger partial charge in [-0.15, -0.1) is 0 Å². The highest BCUT2D eigenvalue weighted by atomic mass is 16.5. The first-order valence-corrected chi connectivity index (χ1v) is 30.6. The van der Waals surface area contributed by atoms with Gasteiger partial charge in [0.1, 0.15) is 18.8 Å². The number of allylic oxidation sites excluding steroid dienone is 10. The van der Waals surface area contributed by atoms with Crippen LogP contribution in [0.4, 0.5) is 22.7 Å². The normalized spacial score (nSPS) is 17.3. The van der Waals surface area contributed by atoms with E-state index in [0.717, 1.165) is 56.7 Å². The third-order valence-corrected chi connectivity index (χ3v) is 18.3. The second-order valence-corrected chi connectivity index (χ2v) is 25.3. The lowest BCUT2D eigenvalue weighted by Crippen LogP contribution is -2.29. The summed E-state index contributed by atoms with van der Waals surface area (Å²) in [5.41, 5.74) is 14.5. The minimum atomic E-state index is -0.930. The number of hydrogen-bond acceptors (Lipinski definition) is 8. The molecular formula is C78H76N4O8+2. The van der Waals surface area contributed by atoms with Gasteiger partial charge in [0, 0.05) is 81.1 Å². The van der Waals surface area contributed by atoms with Crippen molar-refractivity contribution in [2.24, 2.45) is 0 Å². The van der Waals surface area contributed by atoms with Gasteiger partial charge in [-0.2, -0.15) is 9.15 Å². The number of aromatic carboxylic acids is 1. The molecule has 12 nitrogen and oxygen atoms in total. The van der Waals surface area contributed by atoms with E-state index < -0.39 is 17.4 Å². The van der Waals surface area contributed by atoms with Gasteiger partial charge in [0.2, 0.25) is 11.4 Å². The minimum absolute atomic E-state index is 0.0512. The van der Waals surface area contributed by atoms with Crippen molar-refractivity contribution in [2.45, 2.75) is 96.6 Å². The molecule has 454 valence electrons. The molecule has 0 atom stereocenters. The molecule has 0 aliphatic carbocycles. The molecule has 4 aliphatic rings. The summed E-state index contributed by atoms with van der Waals surface area (Å²) in [5.74, 6) is -1.22. The molecule has 0 unspecified atom stereocenters. The molecule has 2 N–H and O–H groups in total. The zero-order chi connectivity index (χ0) is 63.5. The van der Waals surface area contributed by atoms with Gasteiger partial charge in [0.15, 0.2) is 24.5 Å². The highest BCUT2D eigenvalue weighted by Crippen LogP contribution is 2.52. The number of anilines is 2. The van der Waals surface area contributed by atoms with Crippen molar-refractivity contribution < 1.29 is 48.0 Å². The standard InChI is InChI=1S/C39H36N2O4.C39H38N2O4/c1-38(2)31-22-29(37(43)44)18-20-33(31)40(24-27-12-7-5-8-13-27)35(38)16-11-17-36-39(3,4)32-23-30(45-26-42)19-21-34(32)41(36)25-28-14-9-6-10-15-28;1-38(2)33(40(23-22-35(43)44)31-20-18-27-12-8-10-14-29(27)36(31)38)16-6-5-7-17-34-39(3,4)37-30-15-11-9-13-28(30)19-21-32(37)41(34)24-25-45-26-42/h5-23,26H,24-25H2,1-4H3;5-21,26H,22-25H2,1-4H3/p+2. The van der Waals surface area contributed by atoms with Crippen LogP contribution in [0.2, 0.25) is 0 Å². The van der Waals surface area contributed by atoms with Gasteiger partial charge in [-0.05, 0) is 121 Å². The van der Waals surface area contributed by atoms with Gasteiger partial charge in [-0.1, -0.05) is 167 Å². The van der Waals surface area contributed by atoms with Crippen LogP contribution in [0, 0.1) is 0 Å². The molecule has 0 aromatic heterocycles. The van der Waals surface area contributed by atoms with E-state index in [9.17, 15) is 29.4 Å². The summed E-state index contributed by atoms with van der Waals surface area (Å²) in [6, 6.07) is 57.3. The quantitative estimate of drug-likeness (QED) is 0.0348. The Morgan fingerprint density at radius 3 is 1.80 bits per heavy atom. The van der Waals surface area contributed by atoms with Crippen molar-refractivity contribution in [3.63, 3.8) is 0 Å². The molecule has 0 amide bonds. The number of carboxylic acids is 2. The van der Waals surface area contributed by atoms with E-state index in [1.807, 2.05) is 72.8 Å². The molecule has 0 fully saturated rings. The topological polar surface area (TPSA) is 140 Å². The number of aliphatic carboxylic acids is 1. The molecule has 90 heavy (non-hydrogen) atoms. The van der Waals surface area contributed by atoms with Crippen molar-refractivity contribution in [1.29, 1.82) is 0 Å². The van der Waals surface area contributed by atoms with Crippen molar-refractivity contribution in [2.75, 3.05) is 29.5 Å². The molecule has 0 spiro atoms. The van der Waals surface area contributed by atoms with Crippen LogP contribution in [-0.4, -0.2) is 75.4 Å². The van der Waals surface area contributed by atoms with Crippen LogP contribution in [0.15, 0.2) is 230 Å². The first-order valence-electron chi connectivity index (χ1n) is 30.6. The molecule has 0 bridgehead atoms. The zero-order valence-corrected chi connectivity index (χ0v) is 52.3. The first-order chi connectivity index (χ1) is 43.3. The number of ether oxygens (including phenoxy) is 2. The number of rotatable bonds is 19. The molecule has 4 heterocycles. The summed E-state index contributed by atoms with van der Waals surface area (Å²) in [4.78, 5) is 50.1. The average Bonchev–Trinajstić information content (AvgIpc) is 1.61. The van der Waals surface area contributed by atoms with Gasteiger partial charge < -0.3 is 29.5 Å². The fourth-order valence-corrected chi connectivity index (χ4v) is 14.0. The van der Waals surface area contributed by atoms with E-state index in [-0.39, 0.29) is 28.2 Å². The van der Waals surface area contributed by atoms with Crippen molar-refractivity contribution >= 4 is 80.6 Å². The van der Waals surface area contributed by atoms with Gasteiger partial charge in [-0.25, -0.2) is 4.79 Å². The van der Waals surface area contributed by atoms with Crippen LogP contribution in [0.1, 0.15) is 106 Å². The van der Waals surface area contributed by atoms with Gasteiger partial charge in [0.25, 0.3) is 12.9 Å². The van der Waals surface area contributed by atoms with E-state index >= 15 is 0 Å². The molecule has 12 rings (SSSR count). The van der Waals surface area contributed by atoms with Gasteiger partial charge in [-0.3, -0.25) is 14.4 Å². The van der Waals surface area contributed by atoms with Crippen molar-refractivity contribution in [1.82, 2.24) is 0 Å². The van der Waals surface area contributed by atoms with Crippen molar-refractivity contribution in [3.8, 4) is 5.75 Å². The van der Waals surface area contributed by atoms with Crippen LogP contribution in [0.3, 0.4) is 0 Å². The number of fused-ring (bicyclic) bond motifs is 8. The minimum Gasteiger partial charge on any atom is -0.481 e. The number of benzene rings is 8. The molecule has 8 aromatic carbocycles. The van der Waals surface area contributed by atoms with Crippen molar-refractivity contribution in [3.05, 3.63) is 269 Å². The Hall–Kier alpha value is -10.2. The fourth-order valence-electron chi connectivity index (χ4n) is 14.0. The molecule has 4 aliphatic heterocycles. The SMILES string of the molecule is CC1(C)C(/C=C/C=C2/N(Cc3ccccc3)c3ccc(C(=O)O)cc3C2(C)C)=[N+](Cc2ccccc2)c2ccc(OC=O)cc21.CC1(C)C(=CC=CC=CC2=[N+](CCC(=O)O)c3ccc4ccccc4c3C2(C)C)N(CCOC=O)c2ccc3ccccc3c21. The number of carbonyl (C=O) groups is 4. The molecular weight excluding hydrogens is 1120 g/mol. The van der Waals surface area contributed by atoms with E-state index in [2.05, 4.69) is 214 Å². The predicted octanol–water partition coefficient (Wildman–Crippen LogP) is 15.7. The van der Waals surface area contributed by atoms with E-state index in [0.29, 0.717) is 51.5 Å². The summed E-state index contributed by atoms with van der Waals surface area (Å²) in [5, 5.41) is 24.1. The van der Waals surface area contributed by atoms with E-state index in [1.165, 1.54) is 43.8 Å². The maximum atomic E-state index is 11.9. The Bertz CT molecular complexity index is 4370. The molecule has 12 heteroatoms. The van der Waals surface area contributed by atoms with Crippen LogP contribution < -0.4 is 14.5 Å². The van der Waals surface area contributed by atoms with Crippen LogP contribution >= 0.6 is 0 Å². The number of hydrogen-bond donors (Lipinski definition) is 2. The Balaban J connectivity index is 0.000000185. The second-order valence-electron chi connectivity index (χ2n) is 25.3. The summed E-state index contributed by atoms with van der Waals surface area (Å²) in [6.45, 7) is 21.2. The maximum absolute atomic E-state index is 11.9. The Morgan fingerprint density at radius 2 is 1.12 bits per heavy atom. The number of carbonyl (C=O) groups excluding carboxylic acids is 2.